The Bertz CT molecular complexity index is 1180. The van der Waals surface area contributed by atoms with Crippen molar-refractivity contribution in [1.29, 1.82) is 0 Å². The van der Waals surface area contributed by atoms with Crippen LogP contribution in [0, 0.1) is 23.7 Å². The van der Waals surface area contributed by atoms with Crippen molar-refractivity contribution in [3.8, 4) is 11.6 Å². The van der Waals surface area contributed by atoms with Crippen molar-refractivity contribution in [1.82, 2.24) is 25.4 Å². The second-order valence-corrected chi connectivity index (χ2v) is 11.3. The summed E-state index contributed by atoms with van der Waals surface area (Å²) < 4.78 is 12.2. The molecule has 5 aliphatic rings. The third-order valence-corrected chi connectivity index (χ3v) is 8.83. The number of piperidine rings is 2. The summed E-state index contributed by atoms with van der Waals surface area (Å²) in [5.74, 6) is 3.57. The smallest absolute Gasteiger partial charge is 0.258 e. The van der Waals surface area contributed by atoms with Crippen LogP contribution in [0.3, 0.4) is 0 Å². The lowest BCUT2D eigenvalue weighted by molar-refractivity contribution is -0.120. The van der Waals surface area contributed by atoms with E-state index in [1.807, 2.05) is 17.0 Å². The van der Waals surface area contributed by atoms with E-state index >= 15 is 0 Å². The average Bonchev–Trinajstić information content (AvgIpc) is 3.55. The van der Waals surface area contributed by atoms with Crippen LogP contribution in [0.25, 0.3) is 0 Å². The molecule has 0 spiro atoms. The maximum absolute atomic E-state index is 11.8. The fourth-order valence-corrected chi connectivity index (χ4v) is 6.81. The summed E-state index contributed by atoms with van der Waals surface area (Å²) in [6.07, 6.45) is 0.733. The maximum atomic E-state index is 11.8. The minimum atomic E-state index is -0.224. The fraction of sp³-hybridized carbons (Fsp3) is 0.536. The van der Waals surface area contributed by atoms with Crippen LogP contribution in [0.15, 0.2) is 36.4 Å². The van der Waals surface area contributed by atoms with Crippen molar-refractivity contribution in [3.63, 3.8) is 0 Å². The third-order valence-electron chi connectivity index (χ3n) is 8.83. The average molecular weight is 504 g/mol. The van der Waals surface area contributed by atoms with E-state index in [1.54, 1.807) is 6.92 Å². The molecule has 2 N–H and O–H groups in total. The molecule has 1 aromatic carbocycles. The zero-order valence-corrected chi connectivity index (χ0v) is 21.0. The molecule has 9 nitrogen and oxygen atoms in total. The summed E-state index contributed by atoms with van der Waals surface area (Å²) in [5.41, 5.74) is 3.14. The minimum Gasteiger partial charge on any atom is -0.484 e. The summed E-state index contributed by atoms with van der Waals surface area (Å²) >= 11 is 0. The van der Waals surface area contributed by atoms with Crippen molar-refractivity contribution in [2.24, 2.45) is 23.7 Å². The van der Waals surface area contributed by atoms with E-state index in [9.17, 15) is 9.59 Å². The highest BCUT2D eigenvalue weighted by molar-refractivity contribution is 5.73. The standard InChI is InChI=1S/C28H33N5O4/c1-16(35)30-26-22-12-32(13-23(22)26)10-17-2-4-18(5-3-17)25-14-36-24-7-6-19(31-28(24)37-25)11-33(15-34)27-20-8-29-9-21(20)27/h2-7,15,20-23,25-27,29H,8-14H2,1H3,(H,30,35). The molecule has 0 bridgehead atoms. The molecule has 37 heavy (non-hydrogen) atoms. The molecule has 2 aliphatic carbocycles. The second kappa shape index (κ2) is 8.99. The SMILES string of the molecule is CC(=O)NC1C2CN(Cc3ccc(C4COc5ccc(CN(C=O)C6C7CNCC76)nc5O4)cc3)CC21. The predicted molar refractivity (Wildman–Crippen MR) is 135 cm³/mol. The van der Waals surface area contributed by atoms with Crippen LogP contribution in [0.2, 0.25) is 0 Å². The van der Waals surface area contributed by atoms with Gasteiger partial charge in [-0.05, 0) is 46.9 Å². The Kier molecular flexibility index (Phi) is 5.58. The maximum Gasteiger partial charge on any atom is 0.258 e. The number of hydrogen-bond acceptors (Lipinski definition) is 7. The number of ether oxygens (including phenoxy) is 2. The van der Waals surface area contributed by atoms with Gasteiger partial charge < -0.3 is 25.0 Å². The molecule has 194 valence electrons. The molecule has 2 amide bonds. The first-order valence-corrected chi connectivity index (χ1v) is 13.4. The van der Waals surface area contributed by atoms with Gasteiger partial charge in [0.05, 0.1) is 12.2 Å². The second-order valence-electron chi connectivity index (χ2n) is 11.3. The molecule has 2 aromatic rings. The normalized spacial score (nSPS) is 32.8. The number of nitrogens with zero attached hydrogens (tertiary/aromatic N) is 3. The van der Waals surface area contributed by atoms with Gasteiger partial charge in [0.15, 0.2) is 11.9 Å². The molecule has 3 aliphatic heterocycles. The van der Waals surface area contributed by atoms with Crippen LogP contribution in [0.5, 0.6) is 11.6 Å². The van der Waals surface area contributed by atoms with Crippen LogP contribution in [-0.4, -0.2) is 72.0 Å². The van der Waals surface area contributed by atoms with E-state index in [2.05, 4.69) is 39.8 Å². The summed E-state index contributed by atoms with van der Waals surface area (Å²) in [5, 5.41) is 6.45. The molecular formula is C28H33N5O4. The first-order valence-electron chi connectivity index (χ1n) is 13.4. The highest BCUT2D eigenvalue weighted by Crippen LogP contribution is 2.46. The fourth-order valence-electron chi connectivity index (χ4n) is 6.81. The number of nitrogens with one attached hydrogen (secondary N) is 2. The van der Waals surface area contributed by atoms with E-state index in [-0.39, 0.29) is 12.0 Å². The number of rotatable bonds is 8. The van der Waals surface area contributed by atoms with Crippen molar-refractivity contribution in [3.05, 3.63) is 53.2 Å². The van der Waals surface area contributed by atoms with Gasteiger partial charge in [-0.15, -0.1) is 0 Å². The Morgan fingerprint density at radius 3 is 2.59 bits per heavy atom. The van der Waals surface area contributed by atoms with E-state index < -0.39 is 0 Å². The van der Waals surface area contributed by atoms with Crippen LogP contribution in [0.1, 0.15) is 29.8 Å². The Labute approximate surface area is 216 Å². The quantitative estimate of drug-likeness (QED) is 0.525. The Balaban J connectivity index is 0.955. The number of benzene rings is 1. The van der Waals surface area contributed by atoms with E-state index in [4.69, 9.17) is 14.5 Å². The summed E-state index contributed by atoms with van der Waals surface area (Å²) in [6.45, 7) is 7.51. The molecule has 2 saturated carbocycles. The molecule has 4 fully saturated rings. The topological polar surface area (TPSA) is 96.0 Å². The molecule has 5 atom stereocenters. The van der Waals surface area contributed by atoms with E-state index in [0.717, 1.165) is 50.4 Å². The molecule has 7 rings (SSSR count). The first-order chi connectivity index (χ1) is 18.1. The van der Waals surface area contributed by atoms with Gasteiger partial charge in [0.25, 0.3) is 5.88 Å². The molecule has 5 unspecified atom stereocenters. The van der Waals surface area contributed by atoms with Crippen molar-refractivity contribution in [2.45, 2.75) is 38.2 Å². The van der Waals surface area contributed by atoms with Crippen molar-refractivity contribution >= 4 is 12.3 Å². The molecule has 1 aromatic heterocycles. The van der Waals surface area contributed by atoms with E-state index in [1.165, 1.54) is 5.56 Å². The van der Waals surface area contributed by atoms with Gasteiger partial charge in [-0.25, -0.2) is 4.98 Å². The van der Waals surface area contributed by atoms with Crippen LogP contribution < -0.4 is 20.1 Å². The number of carbonyl (C=O) groups excluding carboxylic acids is 2. The lowest BCUT2D eigenvalue weighted by Gasteiger charge is -2.27. The highest BCUT2D eigenvalue weighted by atomic mass is 16.6. The number of aromatic nitrogens is 1. The van der Waals surface area contributed by atoms with Crippen LogP contribution in [-0.2, 0) is 22.7 Å². The number of fused-ring (bicyclic) bond motifs is 3. The number of amides is 2. The molecule has 2 saturated heterocycles. The molecule has 0 radical (unpaired) electrons. The summed E-state index contributed by atoms with van der Waals surface area (Å²) in [4.78, 5) is 32.1. The van der Waals surface area contributed by atoms with Crippen LogP contribution >= 0.6 is 0 Å². The predicted octanol–water partition coefficient (Wildman–Crippen LogP) is 1.34. The van der Waals surface area contributed by atoms with Crippen LogP contribution in [0.4, 0.5) is 0 Å². The Morgan fingerprint density at radius 1 is 1.14 bits per heavy atom. The van der Waals surface area contributed by atoms with Gasteiger partial charge in [0.2, 0.25) is 12.3 Å². The zero-order valence-electron chi connectivity index (χ0n) is 21.0. The number of hydrogen-bond donors (Lipinski definition) is 2. The Hall–Kier alpha value is -3.17. The molecule has 9 heteroatoms. The summed E-state index contributed by atoms with van der Waals surface area (Å²) in [7, 11) is 0. The number of pyridine rings is 1. The van der Waals surface area contributed by atoms with E-state index in [0.29, 0.717) is 60.5 Å². The van der Waals surface area contributed by atoms with Crippen molar-refractivity contribution in [2.75, 3.05) is 32.8 Å². The monoisotopic (exact) mass is 503 g/mol. The Morgan fingerprint density at radius 2 is 1.89 bits per heavy atom. The molecular weight excluding hydrogens is 470 g/mol. The lowest BCUT2D eigenvalue weighted by atomic mass is 10.1. The highest BCUT2D eigenvalue weighted by Gasteiger charge is 2.56. The van der Waals surface area contributed by atoms with Gasteiger partial charge in [0, 0.05) is 51.7 Å². The van der Waals surface area contributed by atoms with Gasteiger partial charge >= 0.3 is 0 Å². The molecule has 4 heterocycles. The van der Waals surface area contributed by atoms with Gasteiger partial charge in [0.1, 0.15) is 6.61 Å². The minimum absolute atomic E-state index is 0.0746. The zero-order chi connectivity index (χ0) is 25.1. The number of carbonyl (C=O) groups is 2. The van der Waals surface area contributed by atoms with Gasteiger partial charge in [-0.1, -0.05) is 24.3 Å². The summed E-state index contributed by atoms with van der Waals surface area (Å²) in [6, 6.07) is 13.1. The van der Waals surface area contributed by atoms with Gasteiger partial charge in [-0.3, -0.25) is 14.5 Å². The van der Waals surface area contributed by atoms with Gasteiger partial charge in [-0.2, -0.15) is 0 Å². The van der Waals surface area contributed by atoms with Crippen molar-refractivity contribution < 1.29 is 19.1 Å². The third kappa shape index (κ3) is 4.34. The number of likely N-dealkylation sites (tertiary alicyclic amines) is 1. The first kappa shape index (κ1) is 23.0. The lowest BCUT2D eigenvalue weighted by Crippen LogP contribution is -2.33. The largest absolute Gasteiger partial charge is 0.484 e.